The van der Waals surface area contributed by atoms with Crippen LogP contribution < -0.4 is 15.4 Å². The molecule has 3 unspecified atom stereocenters. The maximum absolute atomic E-state index is 13.0. The molecule has 8 nitrogen and oxygen atoms in total. The third kappa shape index (κ3) is 3.28. The van der Waals surface area contributed by atoms with Gasteiger partial charge in [-0.2, -0.15) is 0 Å². The number of carbonyl (C=O) groups excluding carboxylic acids is 2. The number of carboxylic acid groups (broad SMARTS) is 1. The Labute approximate surface area is 179 Å². The van der Waals surface area contributed by atoms with Crippen LogP contribution in [0.2, 0.25) is 0 Å². The van der Waals surface area contributed by atoms with E-state index in [1.165, 1.54) is 4.90 Å². The van der Waals surface area contributed by atoms with Crippen molar-refractivity contribution in [2.75, 3.05) is 26.7 Å². The third-order valence-electron chi connectivity index (χ3n) is 6.59. The van der Waals surface area contributed by atoms with Gasteiger partial charge in [0.15, 0.2) is 0 Å². The lowest BCUT2D eigenvalue weighted by Gasteiger charge is -2.17. The molecule has 3 N–H and O–H groups in total. The summed E-state index contributed by atoms with van der Waals surface area (Å²) in [7, 11) is 1.55. The molecule has 1 saturated heterocycles. The van der Waals surface area contributed by atoms with Crippen molar-refractivity contribution in [2.24, 2.45) is 11.8 Å². The molecule has 2 heterocycles. The summed E-state index contributed by atoms with van der Waals surface area (Å²) in [5.74, 6) is 0.219. The Morgan fingerprint density at radius 2 is 1.77 bits per heavy atom. The van der Waals surface area contributed by atoms with Crippen LogP contribution in [-0.4, -0.2) is 60.7 Å². The average Bonchev–Trinajstić information content (AvgIpc) is 3.15. The molecular weight excluding hydrogens is 398 g/mol. The van der Waals surface area contributed by atoms with Gasteiger partial charge in [0.05, 0.1) is 12.2 Å². The van der Waals surface area contributed by atoms with Gasteiger partial charge in [0.25, 0.3) is 11.8 Å². The summed E-state index contributed by atoms with van der Waals surface area (Å²) in [5, 5.41) is 14.8. The monoisotopic (exact) mass is 421 g/mol. The Kier molecular flexibility index (Phi) is 4.57. The minimum atomic E-state index is -0.918. The molecule has 3 amide bonds. The first-order chi connectivity index (χ1) is 15.0. The van der Waals surface area contributed by atoms with E-state index in [0.717, 1.165) is 11.1 Å². The van der Waals surface area contributed by atoms with Crippen molar-refractivity contribution >= 4 is 17.9 Å². The second kappa shape index (κ2) is 7.30. The second-order valence-electron chi connectivity index (χ2n) is 8.31. The lowest BCUT2D eigenvalue weighted by molar-refractivity contribution is 0.0943. The Morgan fingerprint density at radius 1 is 1.06 bits per heavy atom. The molecule has 2 aromatic carbocycles. The van der Waals surface area contributed by atoms with Gasteiger partial charge in [0.2, 0.25) is 0 Å². The summed E-state index contributed by atoms with van der Waals surface area (Å²) in [6.07, 6.45) is -0.918. The van der Waals surface area contributed by atoms with E-state index in [9.17, 15) is 14.4 Å². The Bertz CT molecular complexity index is 1060. The van der Waals surface area contributed by atoms with Gasteiger partial charge in [0, 0.05) is 55.1 Å². The van der Waals surface area contributed by atoms with E-state index >= 15 is 0 Å². The summed E-state index contributed by atoms with van der Waals surface area (Å²) in [5.41, 5.74) is 2.64. The molecule has 0 bridgehead atoms. The Hall–Kier alpha value is -3.55. The van der Waals surface area contributed by atoms with Crippen LogP contribution in [0.3, 0.4) is 0 Å². The fourth-order valence-electron chi connectivity index (χ4n) is 4.85. The van der Waals surface area contributed by atoms with Crippen molar-refractivity contribution in [1.82, 2.24) is 15.5 Å². The van der Waals surface area contributed by atoms with Gasteiger partial charge in [-0.25, -0.2) is 4.79 Å². The highest BCUT2D eigenvalue weighted by Gasteiger charge is 2.57. The van der Waals surface area contributed by atoms with Gasteiger partial charge in [-0.05, 0) is 17.7 Å². The van der Waals surface area contributed by atoms with Gasteiger partial charge >= 0.3 is 6.09 Å². The zero-order valence-electron chi connectivity index (χ0n) is 17.0. The second-order valence-corrected chi connectivity index (χ2v) is 8.31. The smallest absolute Gasteiger partial charge is 0.407 e. The molecule has 2 aromatic rings. The van der Waals surface area contributed by atoms with Gasteiger partial charge < -0.3 is 25.4 Å². The first kappa shape index (κ1) is 19.4. The maximum atomic E-state index is 13.0. The van der Waals surface area contributed by atoms with E-state index in [2.05, 4.69) is 10.6 Å². The van der Waals surface area contributed by atoms with Crippen molar-refractivity contribution < 1.29 is 24.2 Å². The minimum absolute atomic E-state index is 0.0269. The SMILES string of the molecule is CNC(=O)c1cc(C(=O)NC2C3CN(C(=O)O)CC32)cc2c1OCC2c1ccccc1. The van der Waals surface area contributed by atoms with E-state index in [1.807, 2.05) is 36.4 Å². The van der Waals surface area contributed by atoms with Crippen LogP contribution in [0.15, 0.2) is 42.5 Å². The highest BCUT2D eigenvalue weighted by atomic mass is 16.5. The number of piperidine rings is 1. The van der Waals surface area contributed by atoms with Crippen molar-refractivity contribution in [2.45, 2.75) is 12.0 Å². The van der Waals surface area contributed by atoms with Crippen LogP contribution in [-0.2, 0) is 0 Å². The van der Waals surface area contributed by atoms with Gasteiger partial charge in [-0.3, -0.25) is 9.59 Å². The van der Waals surface area contributed by atoms with E-state index in [0.29, 0.717) is 36.6 Å². The van der Waals surface area contributed by atoms with Crippen LogP contribution in [0.4, 0.5) is 4.79 Å². The predicted molar refractivity (Wildman–Crippen MR) is 111 cm³/mol. The number of benzene rings is 2. The van der Waals surface area contributed by atoms with Crippen molar-refractivity contribution in [3.63, 3.8) is 0 Å². The number of hydrogen-bond donors (Lipinski definition) is 3. The normalized spacial score (nSPS) is 25.3. The number of carbonyl (C=O) groups is 3. The van der Waals surface area contributed by atoms with Crippen LogP contribution in [0.5, 0.6) is 5.75 Å². The molecular formula is C23H23N3O5. The number of amides is 3. The standard InChI is InChI=1S/C23H23N3O5/c1-24-22(28)15-8-13(21(27)25-19-16-9-26(23(29)30)10-17(16)19)7-14-18(11-31-20(14)15)12-5-3-2-4-6-12/h2-8,16-19H,9-11H2,1H3,(H,24,28)(H,25,27)(H,29,30). The highest BCUT2D eigenvalue weighted by molar-refractivity contribution is 6.02. The molecule has 5 rings (SSSR count). The molecule has 31 heavy (non-hydrogen) atoms. The maximum Gasteiger partial charge on any atom is 0.407 e. The van der Waals surface area contributed by atoms with Crippen LogP contribution in [0.1, 0.15) is 37.8 Å². The number of fused-ring (bicyclic) bond motifs is 2. The summed E-state index contributed by atoms with van der Waals surface area (Å²) >= 11 is 0. The summed E-state index contributed by atoms with van der Waals surface area (Å²) in [6, 6.07) is 13.2. The molecule has 1 saturated carbocycles. The van der Waals surface area contributed by atoms with E-state index in [-0.39, 0.29) is 35.6 Å². The van der Waals surface area contributed by atoms with Crippen LogP contribution in [0, 0.1) is 11.8 Å². The molecule has 0 spiro atoms. The number of rotatable bonds is 4. The van der Waals surface area contributed by atoms with Gasteiger partial charge in [0.1, 0.15) is 5.75 Å². The first-order valence-electron chi connectivity index (χ1n) is 10.3. The predicted octanol–water partition coefficient (Wildman–Crippen LogP) is 1.91. The van der Waals surface area contributed by atoms with Crippen LogP contribution >= 0.6 is 0 Å². The first-order valence-corrected chi connectivity index (χ1v) is 10.3. The molecule has 2 aliphatic heterocycles. The Balaban J connectivity index is 1.41. The summed E-state index contributed by atoms with van der Waals surface area (Å²) in [4.78, 5) is 38.0. The van der Waals surface area contributed by atoms with E-state index in [1.54, 1.807) is 13.1 Å². The molecule has 0 radical (unpaired) electrons. The summed E-state index contributed by atoms with van der Waals surface area (Å²) in [6.45, 7) is 1.30. The summed E-state index contributed by atoms with van der Waals surface area (Å²) < 4.78 is 5.89. The topological polar surface area (TPSA) is 108 Å². The third-order valence-corrected chi connectivity index (χ3v) is 6.59. The molecule has 3 atom stereocenters. The highest BCUT2D eigenvalue weighted by Crippen LogP contribution is 2.46. The zero-order chi connectivity index (χ0) is 21.7. The van der Waals surface area contributed by atoms with Crippen molar-refractivity contribution in [1.29, 1.82) is 0 Å². The number of nitrogens with zero attached hydrogens (tertiary/aromatic N) is 1. The van der Waals surface area contributed by atoms with Crippen molar-refractivity contribution in [3.05, 3.63) is 64.7 Å². The number of ether oxygens (including phenoxy) is 1. The van der Waals surface area contributed by atoms with Gasteiger partial charge in [-0.15, -0.1) is 0 Å². The quantitative estimate of drug-likeness (QED) is 0.699. The Morgan fingerprint density at radius 3 is 2.42 bits per heavy atom. The lowest BCUT2D eigenvalue weighted by Crippen LogP contribution is -2.36. The zero-order valence-corrected chi connectivity index (χ0v) is 17.0. The minimum Gasteiger partial charge on any atom is -0.491 e. The van der Waals surface area contributed by atoms with Crippen molar-refractivity contribution in [3.8, 4) is 5.75 Å². The van der Waals surface area contributed by atoms with E-state index in [4.69, 9.17) is 9.84 Å². The molecule has 1 aliphatic carbocycles. The fourth-order valence-corrected chi connectivity index (χ4v) is 4.85. The molecule has 3 aliphatic rings. The fraction of sp³-hybridized carbons (Fsp3) is 0.348. The molecule has 160 valence electrons. The van der Waals surface area contributed by atoms with E-state index < -0.39 is 6.09 Å². The molecule has 8 heteroatoms. The average molecular weight is 421 g/mol. The number of likely N-dealkylation sites (tertiary alicyclic amines) is 1. The van der Waals surface area contributed by atoms with Crippen LogP contribution in [0.25, 0.3) is 0 Å². The number of nitrogens with one attached hydrogen (secondary N) is 2. The molecule has 2 fully saturated rings. The molecule has 0 aromatic heterocycles. The lowest BCUT2D eigenvalue weighted by atomic mass is 9.90. The largest absolute Gasteiger partial charge is 0.491 e. The number of hydrogen-bond acceptors (Lipinski definition) is 4. The van der Waals surface area contributed by atoms with Gasteiger partial charge in [-0.1, -0.05) is 30.3 Å².